The molecule has 0 amide bonds. The highest BCUT2D eigenvalue weighted by Gasteiger charge is 2.20. The molecule has 100 valence electrons. The Labute approximate surface area is 116 Å². The van der Waals surface area contributed by atoms with Crippen LogP contribution in [0.2, 0.25) is 5.02 Å². The van der Waals surface area contributed by atoms with E-state index in [2.05, 4.69) is 4.72 Å². The summed E-state index contributed by atoms with van der Waals surface area (Å²) in [5.74, 6) is 2.56. The van der Waals surface area contributed by atoms with Gasteiger partial charge in [0.05, 0.1) is 15.6 Å². The smallest absolute Gasteiger partial charge is 0.240 e. The average Bonchev–Trinajstić information content (AvgIpc) is 2.83. The van der Waals surface area contributed by atoms with Crippen molar-refractivity contribution in [3.63, 3.8) is 0 Å². The van der Waals surface area contributed by atoms with Gasteiger partial charge in [-0.3, -0.25) is 0 Å². The summed E-state index contributed by atoms with van der Waals surface area (Å²) < 4.78 is 26.7. The first-order valence-corrected chi connectivity index (χ1v) is 8.63. The van der Waals surface area contributed by atoms with Gasteiger partial charge < -0.3 is 5.73 Å². The molecule has 7 heteroatoms. The van der Waals surface area contributed by atoms with E-state index in [1.165, 1.54) is 18.2 Å². The van der Waals surface area contributed by atoms with E-state index in [1.807, 2.05) is 11.8 Å². The highest BCUT2D eigenvalue weighted by atomic mass is 35.5. The molecule has 4 nitrogen and oxygen atoms in total. The van der Waals surface area contributed by atoms with Gasteiger partial charge in [-0.2, -0.15) is 11.8 Å². The van der Waals surface area contributed by atoms with E-state index < -0.39 is 10.0 Å². The van der Waals surface area contributed by atoms with E-state index in [-0.39, 0.29) is 10.6 Å². The van der Waals surface area contributed by atoms with Crippen LogP contribution in [0.25, 0.3) is 0 Å². The molecular formula is C11H15ClN2O2S2. The number of hydrogen-bond acceptors (Lipinski definition) is 4. The molecular weight excluding hydrogens is 292 g/mol. The summed E-state index contributed by atoms with van der Waals surface area (Å²) in [4.78, 5) is 0.162. The van der Waals surface area contributed by atoms with Crippen LogP contribution >= 0.6 is 23.4 Å². The summed E-state index contributed by atoms with van der Waals surface area (Å²) in [5.41, 5.74) is 5.88. The van der Waals surface area contributed by atoms with Crippen LogP contribution in [0.3, 0.4) is 0 Å². The first kappa shape index (κ1) is 14.0. The van der Waals surface area contributed by atoms with Crippen LogP contribution in [0, 0.1) is 5.92 Å². The van der Waals surface area contributed by atoms with Crippen molar-refractivity contribution in [2.75, 3.05) is 23.8 Å². The first-order valence-electron chi connectivity index (χ1n) is 5.61. The largest absolute Gasteiger partial charge is 0.397 e. The normalized spacial score (nSPS) is 20.2. The van der Waals surface area contributed by atoms with E-state index in [0.29, 0.717) is 17.5 Å². The van der Waals surface area contributed by atoms with Crippen LogP contribution < -0.4 is 10.5 Å². The van der Waals surface area contributed by atoms with Crippen LogP contribution in [0.1, 0.15) is 6.42 Å². The summed E-state index contributed by atoms with van der Waals surface area (Å²) >= 11 is 7.63. The van der Waals surface area contributed by atoms with Crippen molar-refractivity contribution >= 4 is 39.1 Å². The molecule has 0 spiro atoms. The summed E-state index contributed by atoms with van der Waals surface area (Å²) in [6.07, 6.45) is 1.07. The van der Waals surface area contributed by atoms with Gasteiger partial charge in [-0.05, 0) is 42.0 Å². The number of nitrogens with one attached hydrogen (secondary N) is 1. The molecule has 1 saturated heterocycles. The summed E-state index contributed by atoms with van der Waals surface area (Å²) in [6, 6.07) is 4.34. The van der Waals surface area contributed by atoms with Crippen molar-refractivity contribution in [1.29, 1.82) is 0 Å². The number of sulfonamides is 1. The maximum absolute atomic E-state index is 12.0. The molecule has 3 N–H and O–H groups in total. The van der Waals surface area contributed by atoms with Crippen molar-refractivity contribution in [2.45, 2.75) is 11.3 Å². The summed E-state index contributed by atoms with van der Waals surface area (Å²) in [7, 11) is -3.48. The van der Waals surface area contributed by atoms with Crippen molar-refractivity contribution in [1.82, 2.24) is 4.72 Å². The van der Waals surface area contributed by atoms with Gasteiger partial charge in [-0.25, -0.2) is 13.1 Å². The van der Waals surface area contributed by atoms with E-state index in [9.17, 15) is 8.42 Å². The molecule has 1 aromatic carbocycles. The van der Waals surface area contributed by atoms with E-state index in [1.54, 1.807) is 0 Å². The molecule has 1 unspecified atom stereocenters. The number of nitrogens with two attached hydrogens (primary N) is 1. The number of thioether (sulfide) groups is 1. The summed E-state index contributed by atoms with van der Waals surface area (Å²) in [5, 5.41) is 0.362. The fraction of sp³-hybridized carbons (Fsp3) is 0.455. The average molecular weight is 307 g/mol. The van der Waals surface area contributed by atoms with Crippen LogP contribution in [0.4, 0.5) is 5.69 Å². The minimum Gasteiger partial charge on any atom is -0.397 e. The third-order valence-corrected chi connectivity index (χ3v) is 5.86. The van der Waals surface area contributed by atoms with Gasteiger partial charge in [0.2, 0.25) is 10.0 Å². The lowest BCUT2D eigenvalue weighted by atomic mass is 10.1. The van der Waals surface area contributed by atoms with Gasteiger partial charge >= 0.3 is 0 Å². The van der Waals surface area contributed by atoms with E-state index in [4.69, 9.17) is 17.3 Å². The SMILES string of the molecule is Nc1cc(S(=O)(=O)NCC2CCSC2)ccc1Cl. The van der Waals surface area contributed by atoms with Crippen LogP contribution in [-0.4, -0.2) is 26.5 Å². The Hall–Kier alpha value is -0.430. The first-order chi connectivity index (χ1) is 8.49. The fourth-order valence-corrected chi connectivity index (χ4v) is 4.30. The second-order valence-electron chi connectivity index (χ2n) is 4.26. The zero-order valence-electron chi connectivity index (χ0n) is 9.73. The molecule has 0 aromatic heterocycles. The standard InChI is InChI=1S/C11H15ClN2O2S2/c12-10-2-1-9(5-11(10)13)18(15,16)14-6-8-3-4-17-7-8/h1-2,5,8,14H,3-4,6-7,13H2. The van der Waals surface area contributed by atoms with Crippen molar-refractivity contribution in [2.24, 2.45) is 5.92 Å². The lowest BCUT2D eigenvalue weighted by Gasteiger charge is -2.11. The lowest BCUT2D eigenvalue weighted by molar-refractivity contribution is 0.546. The molecule has 1 aliphatic heterocycles. The maximum atomic E-state index is 12.0. The molecule has 1 atom stereocenters. The Morgan fingerprint density at radius 3 is 2.89 bits per heavy atom. The maximum Gasteiger partial charge on any atom is 0.240 e. The van der Waals surface area contributed by atoms with Crippen molar-refractivity contribution in [3.8, 4) is 0 Å². The highest BCUT2D eigenvalue weighted by molar-refractivity contribution is 7.99. The molecule has 2 rings (SSSR count). The Balaban J connectivity index is 2.07. The van der Waals surface area contributed by atoms with Gasteiger partial charge in [0.15, 0.2) is 0 Å². The number of benzene rings is 1. The second kappa shape index (κ2) is 5.69. The third kappa shape index (κ3) is 3.32. The monoisotopic (exact) mass is 306 g/mol. The number of anilines is 1. The zero-order valence-corrected chi connectivity index (χ0v) is 12.1. The Kier molecular flexibility index (Phi) is 4.42. The molecule has 1 aliphatic rings. The zero-order chi connectivity index (χ0) is 13.2. The molecule has 0 bridgehead atoms. The molecule has 0 aliphatic carbocycles. The van der Waals surface area contributed by atoms with E-state index in [0.717, 1.165) is 17.9 Å². The molecule has 0 saturated carbocycles. The number of rotatable bonds is 4. The minimum absolute atomic E-state index is 0.162. The number of hydrogen-bond donors (Lipinski definition) is 2. The predicted molar refractivity (Wildman–Crippen MR) is 76.5 cm³/mol. The topological polar surface area (TPSA) is 72.2 Å². The van der Waals surface area contributed by atoms with Gasteiger partial charge in [-0.1, -0.05) is 11.6 Å². The Morgan fingerprint density at radius 1 is 1.50 bits per heavy atom. The number of nitrogen functional groups attached to an aromatic ring is 1. The lowest BCUT2D eigenvalue weighted by Crippen LogP contribution is -2.29. The Bertz CT molecular complexity index is 528. The third-order valence-electron chi connectivity index (χ3n) is 2.86. The Morgan fingerprint density at radius 2 is 2.28 bits per heavy atom. The predicted octanol–water partition coefficient (Wildman–Crippen LogP) is 1.95. The van der Waals surface area contributed by atoms with Gasteiger partial charge in [0, 0.05) is 6.54 Å². The second-order valence-corrected chi connectivity index (χ2v) is 7.59. The van der Waals surface area contributed by atoms with Crippen LogP contribution in [0.15, 0.2) is 23.1 Å². The van der Waals surface area contributed by atoms with Gasteiger partial charge in [0.25, 0.3) is 0 Å². The quantitative estimate of drug-likeness (QED) is 0.834. The summed E-state index contributed by atoms with van der Waals surface area (Å²) in [6.45, 7) is 0.484. The number of halogens is 1. The van der Waals surface area contributed by atoms with Crippen LogP contribution in [0.5, 0.6) is 0 Å². The minimum atomic E-state index is -3.48. The molecule has 1 heterocycles. The highest BCUT2D eigenvalue weighted by Crippen LogP contribution is 2.24. The molecule has 0 radical (unpaired) electrons. The van der Waals surface area contributed by atoms with Crippen molar-refractivity contribution in [3.05, 3.63) is 23.2 Å². The molecule has 1 aromatic rings. The van der Waals surface area contributed by atoms with Gasteiger partial charge in [0.1, 0.15) is 0 Å². The van der Waals surface area contributed by atoms with E-state index >= 15 is 0 Å². The molecule has 1 fully saturated rings. The molecule has 18 heavy (non-hydrogen) atoms. The van der Waals surface area contributed by atoms with Gasteiger partial charge in [-0.15, -0.1) is 0 Å². The van der Waals surface area contributed by atoms with Crippen molar-refractivity contribution < 1.29 is 8.42 Å². The van der Waals surface area contributed by atoms with Crippen LogP contribution in [-0.2, 0) is 10.0 Å². The fourth-order valence-electron chi connectivity index (χ4n) is 1.74.